The average Bonchev–Trinajstić information content (AvgIpc) is 2.86. The van der Waals surface area contributed by atoms with E-state index in [1.807, 2.05) is 20.2 Å². The van der Waals surface area contributed by atoms with Gasteiger partial charge in [0.15, 0.2) is 5.82 Å². The topological polar surface area (TPSA) is 94.0 Å². The Bertz CT molecular complexity index is 580. The largest absolute Gasteiger partial charge is 0.480 e. The number of aryl methyl sites for hydroxylation is 1. The van der Waals surface area contributed by atoms with Gasteiger partial charge in [-0.05, 0) is 13.0 Å². The summed E-state index contributed by atoms with van der Waals surface area (Å²) in [5.41, 5.74) is 0.920. The second kappa shape index (κ2) is 6.00. The molecule has 2 N–H and O–H groups in total. The lowest BCUT2D eigenvalue weighted by molar-refractivity contribution is 0.249. The van der Waals surface area contributed by atoms with E-state index >= 15 is 0 Å². The Labute approximate surface area is 116 Å². The van der Waals surface area contributed by atoms with Crippen LogP contribution < -0.4 is 15.4 Å². The van der Waals surface area contributed by atoms with Gasteiger partial charge in [0.05, 0.1) is 19.3 Å². The predicted octanol–water partition coefficient (Wildman–Crippen LogP) is 1.10. The third kappa shape index (κ3) is 3.44. The molecule has 0 aromatic carbocycles. The van der Waals surface area contributed by atoms with Crippen LogP contribution >= 0.6 is 0 Å². The monoisotopic (exact) mass is 276 g/mol. The molecule has 2 aromatic rings. The van der Waals surface area contributed by atoms with E-state index in [2.05, 4.69) is 25.9 Å². The van der Waals surface area contributed by atoms with Gasteiger partial charge in [-0.25, -0.2) is 4.79 Å². The fraction of sp³-hybridized carbons (Fsp3) is 0.333. The van der Waals surface area contributed by atoms with Crippen molar-refractivity contribution in [1.82, 2.24) is 25.3 Å². The summed E-state index contributed by atoms with van der Waals surface area (Å²) in [6.07, 6.45) is 3.55. The lowest BCUT2D eigenvalue weighted by Gasteiger charge is -2.12. The molecule has 0 fully saturated rings. The molecule has 8 heteroatoms. The average molecular weight is 276 g/mol. The van der Waals surface area contributed by atoms with Crippen molar-refractivity contribution in [2.75, 3.05) is 12.4 Å². The number of hydrogen-bond donors (Lipinski definition) is 2. The molecule has 8 nitrogen and oxygen atoms in total. The van der Waals surface area contributed by atoms with Crippen molar-refractivity contribution in [1.29, 1.82) is 0 Å². The van der Waals surface area contributed by atoms with Gasteiger partial charge in [0, 0.05) is 24.9 Å². The molecule has 1 unspecified atom stereocenters. The third-order valence-corrected chi connectivity index (χ3v) is 2.66. The highest BCUT2D eigenvalue weighted by molar-refractivity contribution is 5.88. The quantitative estimate of drug-likeness (QED) is 0.872. The number of carbonyl (C=O) groups excluding carboxylic acids is 1. The predicted molar refractivity (Wildman–Crippen MR) is 72.4 cm³/mol. The number of hydrogen-bond acceptors (Lipinski definition) is 5. The van der Waals surface area contributed by atoms with Gasteiger partial charge in [-0.3, -0.25) is 10.00 Å². The Hall–Kier alpha value is -2.64. The highest BCUT2D eigenvalue weighted by atomic mass is 16.5. The van der Waals surface area contributed by atoms with Crippen molar-refractivity contribution < 1.29 is 9.53 Å². The minimum absolute atomic E-state index is 0.157. The fourth-order valence-electron chi connectivity index (χ4n) is 1.59. The van der Waals surface area contributed by atoms with E-state index in [4.69, 9.17) is 4.74 Å². The smallest absolute Gasteiger partial charge is 0.320 e. The van der Waals surface area contributed by atoms with Crippen LogP contribution in [0.1, 0.15) is 18.5 Å². The molecular formula is C12H16N6O2. The van der Waals surface area contributed by atoms with Crippen molar-refractivity contribution in [2.24, 2.45) is 7.05 Å². The van der Waals surface area contributed by atoms with Crippen molar-refractivity contribution in [3.63, 3.8) is 0 Å². The number of amides is 2. The Morgan fingerprint density at radius 3 is 2.75 bits per heavy atom. The van der Waals surface area contributed by atoms with Gasteiger partial charge in [-0.1, -0.05) is 0 Å². The van der Waals surface area contributed by atoms with E-state index in [1.165, 1.54) is 7.11 Å². The summed E-state index contributed by atoms with van der Waals surface area (Å²) in [5.74, 6) is 0.737. The highest BCUT2D eigenvalue weighted by Crippen LogP contribution is 2.11. The summed E-state index contributed by atoms with van der Waals surface area (Å²) in [6, 6.07) is 2.71. The zero-order valence-corrected chi connectivity index (χ0v) is 11.5. The van der Waals surface area contributed by atoms with E-state index in [1.54, 1.807) is 23.0 Å². The van der Waals surface area contributed by atoms with Crippen LogP contribution in [0.3, 0.4) is 0 Å². The summed E-state index contributed by atoms with van der Waals surface area (Å²) in [7, 11) is 3.32. The van der Waals surface area contributed by atoms with Gasteiger partial charge in [0.2, 0.25) is 5.88 Å². The first kappa shape index (κ1) is 13.8. The summed E-state index contributed by atoms with van der Waals surface area (Å²) in [6.45, 7) is 1.87. The van der Waals surface area contributed by atoms with Crippen LogP contribution in [0.15, 0.2) is 24.5 Å². The number of urea groups is 1. The van der Waals surface area contributed by atoms with Crippen LogP contribution in [0.4, 0.5) is 10.6 Å². The Kier molecular flexibility index (Phi) is 4.14. The summed E-state index contributed by atoms with van der Waals surface area (Å²) in [5, 5.41) is 17.0. The molecule has 0 aliphatic carbocycles. The number of nitrogens with zero attached hydrogens (tertiary/aromatic N) is 4. The minimum Gasteiger partial charge on any atom is -0.480 e. The van der Waals surface area contributed by atoms with E-state index in [9.17, 15) is 4.79 Å². The molecular weight excluding hydrogens is 260 g/mol. The molecule has 0 saturated heterocycles. The first-order valence-corrected chi connectivity index (χ1v) is 6.02. The van der Waals surface area contributed by atoms with E-state index in [0.717, 1.165) is 5.56 Å². The molecule has 0 saturated carbocycles. The number of ether oxygens (including phenoxy) is 1. The standard InChI is InChI=1S/C12H16N6O2/c1-8(9-6-13-18(2)7-9)14-12(19)15-10-4-5-11(20-3)17-16-10/h4-8H,1-3H3,(H2,14,15,16,19). The molecule has 2 rings (SSSR count). The molecule has 106 valence electrons. The number of aromatic nitrogens is 4. The van der Waals surface area contributed by atoms with Crippen LogP contribution in [-0.4, -0.2) is 33.1 Å². The van der Waals surface area contributed by atoms with Crippen LogP contribution in [0.2, 0.25) is 0 Å². The summed E-state index contributed by atoms with van der Waals surface area (Å²) < 4.78 is 6.57. The zero-order chi connectivity index (χ0) is 14.5. The molecule has 0 bridgehead atoms. The molecule has 0 radical (unpaired) electrons. The minimum atomic E-state index is -0.360. The first-order valence-electron chi connectivity index (χ1n) is 6.02. The number of methoxy groups -OCH3 is 1. The highest BCUT2D eigenvalue weighted by Gasteiger charge is 2.11. The fourth-order valence-corrected chi connectivity index (χ4v) is 1.59. The van der Waals surface area contributed by atoms with Gasteiger partial charge in [0.25, 0.3) is 0 Å². The van der Waals surface area contributed by atoms with Crippen LogP contribution in [0.25, 0.3) is 0 Å². The Balaban J connectivity index is 1.91. The molecule has 1 atom stereocenters. The lowest BCUT2D eigenvalue weighted by Crippen LogP contribution is -2.31. The van der Waals surface area contributed by atoms with Crippen LogP contribution in [0.5, 0.6) is 5.88 Å². The Morgan fingerprint density at radius 2 is 2.20 bits per heavy atom. The maximum atomic E-state index is 11.8. The second-order valence-corrected chi connectivity index (χ2v) is 4.23. The molecule has 2 aromatic heterocycles. The number of nitrogens with one attached hydrogen (secondary N) is 2. The van der Waals surface area contributed by atoms with Crippen LogP contribution in [-0.2, 0) is 7.05 Å². The third-order valence-electron chi connectivity index (χ3n) is 2.66. The van der Waals surface area contributed by atoms with Gasteiger partial charge in [0.1, 0.15) is 0 Å². The van der Waals surface area contributed by atoms with Gasteiger partial charge in [-0.2, -0.15) is 5.10 Å². The van der Waals surface area contributed by atoms with Crippen molar-refractivity contribution in [3.05, 3.63) is 30.1 Å². The van der Waals surface area contributed by atoms with Crippen LogP contribution in [0, 0.1) is 0 Å². The summed E-state index contributed by atoms with van der Waals surface area (Å²) in [4.78, 5) is 11.8. The van der Waals surface area contributed by atoms with Gasteiger partial charge in [-0.15, -0.1) is 10.2 Å². The van der Waals surface area contributed by atoms with E-state index in [0.29, 0.717) is 11.7 Å². The maximum Gasteiger partial charge on any atom is 0.320 e. The molecule has 0 aliphatic rings. The van der Waals surface area contributed by atoms with Crippen molar-refractivity contribution in [3.8, 4) is 5.88 Å². The first-order chi connectivity index (χ1) is 9.58. The van der Waals surface area contributed by atoms with E-state index in [-0.39, 0.29) is 12.1 Å². The SMILES string of the molecule is COc1ccc(NC(=O)NC(C)c2cnn(C)c2)nn1. The normalized spacial score (nSPS) is 11.8. The number of anilines is 1. The zero-order valence-electron chi connectivity index (χ0n) is 11.5. The van der Waals surface area contributed by atoms with Gasteiger partial charge < -0.3 is 10.1 Å². The number of carbonyl (C=O) groups is 1. The Morgan fingerprint density at radius 1 is 1.40 bits per heavy atom. The van der Waals surface area contributed by atoms with Crippen molar-refractivity contribution >= 4 is 11.8 Å². The second-order valence-electron chi connectivity index (χ2n) is 4.23. The van der Waals surface area contributed by atoms with Gasteiger partial charge >= 0.3 is 6.03 Å². The molecule has 2 amide bonds. The van der Waals surface area contributed by atoms with Crippen molar-refractivity contribution in [2.45, 2.75) is 13.0 Å². The molecule has 0 aliphatic heterocycles. The maximum absolute atomic E-state index is 11.8. The molecule has 2 heterocycles. The number of rotatable bonds is 4. The lowest BCUT2D eigenvalue weighted by atomic mass is 10.2. The summed E-state index contributed by atoms with van der Waals surface area (Å²) >= 11 is 0. The molecule has 20 heavy (non-hydrogen) atoms. The van der Waals surface area contributed by atoms with E-state index < -0.39 is 0 Å². The molecule has 0 spiro atoms.